The van der Waals surface area contributed by atoms with Crippen molar-refractivity contribution in [2.24, 2.45) is 5.92 Å². The summed E-state index contributed by atoms with van der Waals surface area (Å²) in [5.74, 6) is 0.537. The number of hydrogen-bond acceptors (Lipinski definition) is 5. The van der Waals surface area contributed by atoms with Crippen LogP contribution >= 0.6 is 0 Å². The van der Waals surface area contributed by atoms with E-state index in [2.05, 4.69) is 23.7 Å². The maximum atomic E-state index is 12.8. The number of amides is 2. The molecular weight excluding hydrogens is 332 g/mol. The number of fused-ring (bicyclic) bond motifs is 1. The van der Waals surface area contributed by atoms with Crippen LogP contribution in [0.4, 0.5) is 0 Å². The zero-order valence-electron chi connectivity index (χ0n) is 15.8. The van der Waals surface area contributed by atoms with Gasteiger partial charge in [-0.2, -0.15) is 0 Å². The van der Waals surface area contributed by atoms with Crippen molar-refractivity contribution < 1.29 is 14.7 Å². The third-order valence-corrected chi connectivity index (χ3v) is 5.54. The first-order chi connectivity index (χ1) is 12.4. The van der Waals surface area contributed by atoms with E-state index in [1.54, 1.807) is 17.2 Å². The van der Waals surface area contributed by atoms with E-state index in [-0.39, 0.29) is 23.9 Å². The first-order valence-electron chi connectivity index (χ1n) is 9.38. The minimum absolute atomic E-state index is 0.000752. The smallest absolute Gasteiger partial charge is 0.245 e. The fourth-order valence-electron chi connectivity index (χ4n) is 3.81. The largest absolute Gasteiger partial charge is 0.493 e. The number of nitrogens with zero attached hydrogens (tertiary/aromatic N) is 4. The number of aromatic nitrogens is 1. The van der Waals surface area contributed by atoms with Gasteiger partial charge in [-0.1, -0.05) is 26.3 Å². The molecule has 1 aromatic heterocycles. The molecule has 2 fully saturated rings. The van der Waals surface area contributed by atoms with Gasteiger partial charge in [-0.3, -0.25) is 14.5 Å². The molecule has 0 aromatic carbocycles. The molecule has 0 spiro atoms. The molecule has 3 atom stereocenters. The summed E-state index contributed by atoms with van der Waals surface area (Å²) >= 11 is 0. The Morgan fingerprint density at radius 3 is 2.77 bits per heavy atom. The van der Waals surface area contributed by atoms with Crippen LogP contribution in [0, 0.1) is 5.92 Å². The molecule has 26 heavy (non-hydrogen) atoms. The topological polar surface area (TPSA) is 77.0 Å². The summed E-state index contributed by atoms with van der Waals surface area (Å²) in [5.41, 5.74) is 0.982. The molecule has 2 aliphatic heterocycles. The van der Waals surface area contributed by atoms with Gasteiger partial charge in [-0.25, -0.2) is 4.98 Å². The molecule has 1 N–H and O–H groups in total. The van der Waals surface area contributed by atoms with Gasteiger partial charge in [0.1, 0.15) is 12.2 Å². The second kappa shape index (κ2) is 7.61. The number of aromatic hydroxyl groups is 1. The van der Waals surface area contributed by atoms with Gasteiger partial charge in [-0.15, -0.1) is 0 Å². The summed E-state index contributed by atoms with van der Waals surface area (Å²) in [6, 6.07) is 2.99. The van der Waals surface area contributed by atoms with Crippen LogP contribution in [0.3, 0.4) is 0 Å². The van der Waals surface area contributed by atoms with Crippen LogP contribution in [0.1, 0.15) is 39.2 Å². The average Bonchev–Trinajstić information content (AvgIpc) is 2.63. The van der Waals surface area contributed by atoms with Crippen molar-refractivity contribution in [2.45, 2.75) is 52.4 Å². The molecule has 2 saturated heterocycles. The summed E-state index contributed by atoms with van der Waals surface area (Å²) in [6.45, 7) is 8.69. The molecule has 142 valence electrons. The summed E-state index contributed by atoms with van der Waals surface area (Å²) in [7, 11) is 0. The Kier molecular flexibility index (Phi) is 5.46. The van der Waals surface area contributed by atoms with Crippen LogP contribution in [0.25, 0.3) is 0 Å². The molecule has 3 heterocycles. The van der Waals surface area contributed by atoms with E-state index in [0.717, 1.165) is 18.5 Å². The number of hydrogen-bond donors (Lipinski definition) is 1. The SMILES string of the molecule is CCC(C)CN1CC2N(Cc3ccc(O)nc3)CCC(=O)N2[C@H](C)C1=O. The zero-order valence-corrected chi connectivity index (χ0v) is 15.8. The standard InChI is InChI=1S/C19H28N4O3/c1-4-13(2)10-22-12-17-21(11-15-5-6-16(24)20-9-15)8-7-18(25)23(17)14(3)19(22)26/h5-6,9,13-14,17H,4,7-8,10-12H2,1-3H3,(H,20,24)/t13?,14-,17?/m1/s1. The van der Waals surface area contributed by atoms with E-state index in [0.29, 0.717) is 32.0 Å². The normalized spacial score (nSPS) is 25.3. The van der Waals surface area contributed by atoms with E-state index in [9.17, 15) is 14.7 Å². The maximum absolute atomic E-state index is 12.8. The van der Waals surface area contributed by atoms with Crippen LogP contribution < -0.4 is 0 Å². The fraction of sp³-hybridized carbons (Fsp3) is 0.632. The van der Waals surface area contributed by atoms with E-state index < -0.39 is 6.04 Å². The Morgan fingerprint density at radius 2 is 2.12 bits per heavy atom. The zero-order chi connectivity index (χ0) is 18.8. The highest BCUT2D eigenvalue weighted by Gasteiger charge is 2.45. The van der Waals surface area contributed by atoms with Crippen molar-refractivity contribution in [1.82, 2.24) is 19.7 Å². The molecule has 1 aromatic rings. The molecule has 0 bridgehead atoms. The first-order valence-corrected chi connectivity index (χ1v) is 9.38. The van der Waals surface area contributed by atoms with Gasteiger partial charge in [0.15, 0.2) is 0 Å². The lowest BCUT2D eigenvalue weighted by Gasteiger charge is -2.52. The lowest BCUT2D eigenvalue weighted by molar-refractivity contribution is -0.169. The molecule has 0 aliphatic carbocycles. The lowest BCUT2D eigenvalue weighted by Crippen LogP contribution is -2.69. The van der Waals surface area contributed by atoms with Crippen LogP contribution in [0.2, 0.25) is 0 Å². The first kappa shape index (κ1) is 18.6. The van der Waals surface area contributed by atoms with Crippen LogP contribution in [0.5, 0.6) is 5.88 Å². The van der Waals surface area contributed by atoms with Gasteiger partial charge < -0.3 is 14.9 Å². The summed E-state index contributed by atoms with van der Waals surface area (Å²) in [5, 5.41) is 9.37. The van der Waals surface area contributed by atoms with Gasteiger partial charge in [0.25, 0.3) is 0 Å². The van der Waals surface area contributed by atoms with Gasteiger partial charge in [0.05, 0.1) is 6.54 Å². The summed E-state index contributed by atoms with van der Waals surface area (Å²) in [4.78, 5) is 35.1. The third kappa shape index (κ3) is 3.67. The van der Waals surface area contributed by atoms with E-state index >= 15 is 0 Å². The number of pyridine rings is 1. The molecule has 2 unspecified atom stereocenters. The second-order valence-corrected chi connectivity index (χ2v) is 7.46. The van der Waals surface area contributed by atoms with Gasteiger partial charge in [0, 0.05) is 38.3 Å². The average molecular weight is 360 g/mol. The minimum atomic E-state index is -0.425. The molecule has 7 heteroatoms. The Balaban J connectivity index is 1.80. The highest BCUT2D eigenvalue weighted by atomic mass is 16.3. The summed E-state index contributed by atoms with van der Waals surface area (Å²) < 4.78 is 0. The lowest BCUT2D eigenvalue weighted by atomic mass is 10.0. The number of piperazine rings is 1. The van der Waals surface area contributed by atoms with E-state index in [1.165, 1.54) is 0 Å². The number of carbonyl (C=O) groups is 2. The highest BCUT2D eigenvalue weighted by Crippen LogP contribution is 2.27. The van der Waals surface area contributed by atoms with Gasteiger partial charge in [-0.05, 0) is 18.4 Å². The van der Waals surface area contributed by atoms with E-state index in [1.807, 2.05) is 17.9 Å². The highest BCUT2D eigenvalue weighted by molar-refractivity contribution is 5.89. The molecule has 0 saturated carbocycles. The monoisotopic (exact) mass is 360 g/mol. The molecule has 7 nitrogen and oxygen atoms in total. The van der Waals surface area contributed by atoms with Crippen LogP contribution in [-0.4, -0.2) is 68.4 Å². The van der Waals surface area contributed by atoms with Crippen molar-refractivity contribution in [3.05, 3.63) is 23.9 Å². The Hall–Kier alpha value is -2.15. The van der Waals surface area contributed by atoms with Crippen molar-refractivity contribution >= 4 is 11.8 Å². The Morgan fingerprint density at radius 1 is 1.35 bits per heavy atom. The molecule has 2 amide bonds. The van der Waals surface area contributed by atoms with Crippen molar-refractivity contribution in [3.8, 4) is 5.88 Å². The van der Waals surface area contributed by atoms with Crippen molar-refractivity contribution in [1.29, 1.82) is 0 Å². The molecule has 0 radical (unpaired) electrons. The maximum Gasteiger partial charge on any atom is 0.245 e. The van der Waals surface area contributed by atoms with Crippen molar-refractivity contribution in [2.75, 3.05) is 19.6 Å². The molecular formula is C19H28N4O3. The Labute approximate surface area is 154 Å². The van der Waals surface area contributed by atoms with Gasteiger partial charge in [0.2, 0.25) is 17.7 Å². The quantitative estimate of drug-likeness (QED) is 0.859. The van der Waals surface area contributed by atoms with Crippen LogP contribution in [-0.2, 0) is 16.1 Å². The number of carbonyl (C=O) groups excluding carboxylic acids is 2. The minimum Gasteiger partial charge on any atom is -0.493 e. The van der Waals surface area contributed by atoms with Crippen LogP contribution in [0.15, 0.2) is 18.3 Å². The predicted molar refractivity (Wildman–Crippen MR) is 97.1 cm³/mol. The molecule has 3 rings (SSSR count). The second-order valence-electron chi connectivity index (χ2n) is 7.46. The molecule has 2 aliphatic rings. The summed E-state index contributed by atoms with van der Waals surface area (Å²) in [6.07, 6.45) is 2.99. The number of rotatable bonds is 5. The van der Waals surface area contributed by atoms with E-state index in [4.69, 9.17) is 0 Å². The third-order valence-electron chi connectivity index (χ3n) is 5.54. The fourth-order valence-corrected chi connectivity index (χ4v) is 3.81. The van der Waals surface area contributed by atoms with Crippen molar-refractivity contribution in [3.63, 3.8) is 0 Å². The van der Waals surface area contributed by atoms with Gasteiger partial charge >= 0.3 is 0 Å². The Bertz CT molecular complexity index is 663. The predicted octanol–water partition coefficient (Wildman–Crippen LogP) is 1.42.